The standard InChI is InChI=1S/C15H17ClN6O/c1-2-9(17)6-18-14-12-15(20-7-19-12)22-13(21-14)10-5-8(16)3-4-11(10)23/h3-5,7,9,23H,2,6,17H2,1H3,(H2,18,19,20,21,22). The minimum atomic E-state index is 0.0194. The van der Waals surface area contributed by atoms with E-state index in [0.29, 0.717) is 39.9 Å². The molecule has 0 aliphatic rings. The summed E-state index contributed by atoms with van der Waals surface area (Å²) in [5.74, 6) is 0.989. The Labute approximate surface area is 137 Å². The highest BCUT2D eigenvalue weighted by Gasteiger charge is 2.15. The van der Waals surface area contributed by atoms with Gasteiger partial charge in [-0.05, 0) is 24.6 Å². The fourth-order valence-electron chi connectivity index (χ4n) is 2.14. The van der Waals surface area contributed by atoms with E-state index in [1.165, 1.54) is 6.07 Å². The maximum atomic E-state index is 10.1. The first-order valence-corrected chi connectivity index (χ1v) is 7.65. The van der Waals surface area contributed by atoms with Gasteiger partial charge in [0.25, 0.3) is 0 Å². The van der Waals surface area contributed by atoms with Gasteiger partial charge in [-0.25, -0.2) is 15.0 Å². The Morgan fingerprint density at radius 3 is 3.00 bits per heavy atom. The number of phenolic OH excluding ortho intramolecular Hbond substituents is 1. The third kappa shape index (κ3) is 3.20. The minimum Gasteiger partial charge on any atom is -0.507 e. The fraction of sp³-hybridized carbons (Fsp3) is 0.267. The van der Waals surface area contributed by atoms with Crippen molar-refractivity contribution < 1.29 is 5.11 Å². The van der Waals surface area contributed by atoms with Gasteiger partial charge in [-0.3, -0.25) is 0 Å². The Kier molecular flexibility index (Phi) is 4.31. The first kappa shape index (κ1) is 15.5. The summed E-state index contributed by atoms with van der Waals surface area (Å²) in [6, 6.07) is 4.75. The van der Waals surface area contributed by atoms with Crippen molar-refractivity contribution >= 4 is 28.6 Å². The molecule has 2 aromatic heterocycles. The van der Waals surface area contributed by atoms with Crippen molar-refractivity contribution in [3.8, 4) is 17.1 Å². The summed E-state index contributed by atoms with van der Waals surface area (Å²) in [4.78, 5) is 16.0. The van der Waals surface area contributed by atoms with Crippen LogP contribution in [0.5, 0.6) is 5.75 Å². The van der Waals surface area contributed by atoms with Crippen molar-refractivity contribution in [2.75, 3.05) is 11.9 Å². The molecule has 23 heavy (non-hydrogen) atoms. The minimum absolute atomic E-state index is 0.0194. The van der Waals surface area contributed by atoms with E-state index in [2.05, 4.69) is 25.3 Å². The number of aromatic hydroxyl groups is 1. The molecule has 0 saturated carbocycles. The number of rotatable bonds is 5. The van der Waals surface area contributed by atoms with Gasteiger partial charge < -0.3 is 21.1 Å². The number of hydrogen-bond donors (Lipinski definition) is 4. The van der Waals surface area contributed by atoms with Crippen molar-refractivity contribution in [2.45, 2.75) is 19.4 Å². The number of nitrogens with zero attached hydrogens (tertiary/aromatic N) is 3. The molecule has 5 N–H and O–H groups in total. The third-order valence-corrected chi connectivity index (χ3v) is 3.78. The monoisotopic (exact) mass is 332 g/mol. The molecule has 0 bridgehead atoms. The summed E-state index contributed by atoms with van der Waals surface area (Å²) in [5.41, 5.74) is 7.59. The number of benzene rings is 1. The number of phenols is 1. The molecule has 7 nitrogen and oxygen atoms in total. The van der Waals surface area contributed by atoms with Gasteiger partial charge in [-0.15, -0.1) is 0 Å². The lowest BCUT2D eigenvalue weighted by Gasteiger charge is -2.12. The van der Waals surface area contributed by atoms with E-state index < -0.39 is 0 Å². The van der Waals surface area contributed by atoms with E-state index in [9.17, 15) is 5.11 Å². The highest BCUT2D eigenvalue weighted by atomic mass is 35.5. The average Bonchev–Trinajstić information content (AvgIpc) is 3.03. The number of halogens is 1. The van der Waals surface area contributed by atoms with E-state index in [1.54, 1.807) is 18.5 Å². The topological polar surface area (TPSA) is 113 Å². The Morgan fingerprint density at radius 1 is 1.39 bits per heavy atom. The number of aromatic nitrogens is 4. The highest BCUT2D eigenvalue weighted by molar-refractivity contribution is 6.30. The van der Waals surface area contributed by atoms with Gasteiger partial charge >= 0.3 is 0 Å². The Bertz CT molecular complexity index is 834. The smallest absolute Gasteiger partial charge is 0.183 e. The molecular weight excluding hydrogens is 316 g/mol. The maximum absolute atomic E-state index is 10.1. The van der Waals surface area contributed by atoms with Crippen LogP contribution in [0.2, 0.25) is 5.02 Å². The van der Waals surface area contributed by atoms with Crippen LogP contribution < -0.4 is 11.1 Å². The molecule has 0 aliphatic carbocycles. The van der Waals surface area contributed by atoms with Gasteiger partial charge in [0.05, 0.1) is 11.9 Å². The molecule has 0 fully saturated rings. The number of nitrogens with two attached hydrogens (primary N) is 1. The molecule has 1 atom stereocenters. The fourth-order valence-corrected chi connectivity index (χ4v) is 2.31. The first-order chi connectivity index (χ1) is 11.1. The number of H-pyrrole nitrogens is 1. The second kappa shape index (κ2) is 6.39. The van der Waals surface area contributed by atoms with E-state index in [1.807, 2.05) is 6.92 Å². The average molecular weight is 333 g/mol. The summed E-state index contributed by atoms with van der Waals surface area (Å²) in [5, 5.41) is 13.7. The van der Waals surface area contributed by atoms with E-state index in [4.69, 9.17) is 17.3 Å². The zero-order valence-corrected chi connectivity index (χ0v) is 13.3. The van der Waals surface area contributed by atoms with Crippen molar-refractivity contribution in [2.24, 2.45) is 5.73 Å². The van der Waals surface area contributed by atoms with Gasteiger partial charge in [0.1, 0.15) is 11.3 Å². The van der Waals surface area contributed by atoms with Crippen LogP contribution >= 0.6 is 11.6 Å². The predicted molar refractivity (Wildman–Crippen MR) is 90.6 cm³/mol. The van der Waals surface area contributed by atoms with Gasteiger partial charge in [-0.2, -0.15) is 0 Å². The van der Waals surface area contributed by atoms with Gasteiger partial charge in [0.2, 0.25) is 0 Å². The van der Waals surface area contributed by atoms with E-state index >= 15 is 0 Å². The van der Waals surface area contributed by atoms with Gasteiger partial charge in [0.15, 0.2) is 17.3 Å². The zero-order valence-electron chi connectivity index (χ0n) is 12.5. The van der Waals surface area contributed by atoms with Crippen LogP contribution in [0.15, 0.2) is 24.5 Å². The van der Waals surface area contributed by atoms with Crippen LogP contribution in [-0.2, 0) is 0 Å². The number of hydrogen-bond acceptors (Lipinski definition) is 6. The Morgan fingerprint density at radius 2 is 2.22 bits per heavy atom. The molecule has 0 aliphatic heterocycles. The number of imidazole rings is 1. The summed E-state index contributed by atoms with van der Waals surface area (Å²) in [7, 11) is 0. The van der Waals surface area contributed by atoms with Gasteiger partial charge in [-0.1, -0.05) is 18.5 Å². The number of anilines is 1. The lowest BCUT2D eigenvalue weighted by atomic mass is 10.2. The molecule has 3 aromatic rings. The van der Waals surface area contributed by atoms with E-state index in [-0.39, 0.29) is 11.8 Å². The first-order valence-electron chi connectivity index (χ1n) is 7.28. The maximum Gasteiger partial charge on any atom is 0.183 e. The normalized spacial score (nSPS) is 12.5. The molecule has 3 rings (SSSR count). The third-order valence-electron chi connectivity index (χ3n) is 3.54. The van der Waals surface area contributed by atoms with Crippen LogP contribution in [0.4, 0.5) is 5.82 Å². The number of fused-ring (bicyclic) bond motifs is 1. The lowest BCUT2D eigenvalue weighted by molar-refractivity contribution is 0.477. The van der Waals surface area contributed by atoms with Crippen LogP contribution in [0.1, 0.15) is 13.3 Å². The molecule has 2 heterocycles. The summed E-state index contributed by atoms with van der Waals surface area (Å²) < 4.78 is 0. The molecule has 8 heteroatoms. The van der Waals surface area contributed by atoms with Crippen LogP contribution in [0.25, 0.3) is 22.6 Å². The molecule has 0 saturated heterocycles. The summed E-state index contributed by atoms with van der Waals surface area (Å²) in [6.07, 6.45) is 2.40. The zero-order chi connectivity index (χ0) is 16.4. The lowest BCUT2D eigenvalue weighted by Crippen LogP contribution is -2.28. The Balaban J connectivity index is 2.06. The van der Waals surface area contributed by atoms with Crippen LogP contribution in [0.3, 0.4) is 0 Å². The summed E-state index contributed by atoms with van der Waals surface area (Å²) in [6.45, 7) is 2.59. The number of nitrogens with one attached hydrogen (secondary N) is 2. The Hall–Kier alpha value is -2.38. The largest absolute Gasteiger partial charge is 0.507 e. The molecule has 0 radical (unpaired) electrons. The second-order valence-corrected chi connectivity index (χ2v) is 5.64. The molecule has 0 amide bonds. The van der Waals surface area contributed by atoms with Crippen molar-refractivity contribution in [3.05, 3.63) is 29.5 Å². The highest BCUT2D eigenvalue weighted by Crippen LogP contribution is 2.31. The molecular formula is C15H17ClN6O. The number of aromatic amines is 1. The van der Waals surface area contributed by atoms with Crippen molar-refractivity contribution in [1.29, 1.82) is 0 Å². The second-order valence-electron chi connectivity index (χ2n) is 5.21. The van der Waals surface area contributed by atoms with Gasteiger partial charge in [0, 0.05) is 17.6 Å². The molecule has 1 aromatic carbocycles. The quantitative estimate of drug-likeness (QED) is 0.571. The van der Waals surface area contributed by atoms with Crippen molar-refractivity contribution in [3.63, 3.8) is 0 Å². The molecule has 120 valence electrons. The van der Waals surface area contributed by atoms with Crippen LogP contribution in [-0.4, -0.2) is 37.6 Å². The molecule has 1 unspecified atom stereocenters. The SMILES string of the molecule is CCC(N)CNc1nc(-c2cc(Cl)ccc2O)nc2nc[nH]c12. The molecule has 0 spiro atoms. The van der Waals surface area contributed by atoms with E-state index in [0.717, 1.165) is 6.42 Å². The predicted octanol–water partition coefficient (Wildman–Crippen LogP) is 2.53. The van der Waals surface area contributed by atoms with Crippen molar-refractivity contribution in [1.82, 2.24) is 19.9 Å². The van der Waals surface area contributed by atoms with Crippen LogP contribution in [0, 0.1) is 0 Å². The summed E-state index contributed by atoms with van der Waals surface area (Å²) >= 11 is 6.00.